The van der Waals surface area contributed by atoms with Crippen molar-refractivity contribution in [2.45, 2.75) is 20.8 Å². The van der Waals surface area contributed by atoms with Crippen molar-refractivity contribution in [1.29, 1.82) is 0 Å². The zero-order valence-electron chi connectivity index (χ0n) is 18.5. The van der Waals surface area contributed by atoms with Gasteiger partial charge in [0.1, 0.15) is 0 Å². The maximum atomic E-state index is 13.3. The highest BCUT2D eigenvalue weighted by Crippen LogP contribution is 2.35. The van der Waals surface area contributed by atoms with Gasteiger partial charge in [-0.1, -0.05) is 42.5 Å². The minimum atomic E-state index is -0.220. The molecule has 5 heteroatoms. The second-order valence-electron chi connectivity index (χ2n) is 8.53. The van der Waals surface area contributed by atoms with Crippen LogP contribution in [0.4, 0.5) is 0 Å². The van der Waals surface area contributed by atoms with E-state index in [1.807, 2.05) is 55.5 Å². The van der Waals surface area contributed by atoms with Gasteiger partial charge in [0.05, 0.1) is 26.7 Å². The number of aromatic nitrogens is 2. The van der Waals surface area contributed by atoms with E-state index < -0.39 is 0 Å². The molecule has 0 bridgehead atoms. The molecule has 160 valence electrons. The third-order valence-corrected chi connectivity index (χ3v) is 7.22. The van der Waals surface area contributed by atoms with E-state index in [0.29, 0.717) is 11.1 Å². The Kier molecular flexibility index (Phi) is 4.26. The maximum absolute atomic E-state index is 13.3. The minimum absolute atomic E-state index is 0.203. The summed E-state index contributed by atoms with van der Waals surface area (Å²) in [6.07, 6.45) is 1.74. The van der Waals surface area contributed by atoms with Crippen molar-refractivity contribution in [3.63, 3.8) is 0 Å². The van der Waals surface area contributed by atoms with E-state index in [2.05, 4.69) is 30.5 Å². The highest BCUT2D eigenvalue weighted by Gasteiger charge is 2.34. The molecular weight excluding hydrogens is 428 g/mol. The third-order valence-electron chi connectivity index (χ3n) is 6.31. The van der Waals surface area contributed by atoms with Crippen LogP contribution >= 0.6 is 11.3 Å². The highest BCUT2D eigenvalue weighted by atomic mass is 32.1. The second kappa shape index (κ2) is 7.09. The quantitative estimate of drug-likeness (QED) is 0.225. The largest absolute Gasteiger partial charge is 0.293 e. The van der Waals surface area contributed by atoms with Crippen molar-refractivity contribution < 1.29 is 9.59 Å². The Hall–Kier alpha value is -3.83. The Balaban J connectivity index is 1.58. The number of carbonyl (C=O) groups is 2. The van der Waals surface area contributed by atoms with Crippen molar-refractivity contribution in [2.24, 2.45) is 0 Å². The molecule has 0 spiro atoms. The zero-order valence-corrected chi connectivity index (χ0v) is 19.3. The van der Waals surface area contributed by atoms with Gasteiger partial charge in [0.25, 0.3) is 0 Å². The first-order valence-corrected chi connectivity index (χ1v) is 11.6. The van der Waals surface area contributed by atoms with Crippen molar-refractivity contribution in [1.82, 2.24) is 9.55 Å². The first kappa shape index (κ1) is 19.8. The van der Waals surface area contributed by atoms with Gasteiger partial charge in [0.2, 0.25) is 0 Å². The van der Waals surface area contributed by atoms with Crippen LogP contribution in [0.5, 0.6) is 0 Å². The number of Topliss-reactive ketones (excluding diaryl/α,β-unsaturated/α-hetero) is 2. The Labute approximate surface area is 194 Å². The number of carbonyl (C=O) groups excluding carboxylic acids is 2. The molecule has 0 amide bonds. The fourth-order valence-electron chi connectivity index (χ4n) is 4.80. The molecular formula is C28H20N2O2S. The fourth-order valence-corrected chi connectivity index (χ4v) is 5.65. The van der Waals surface area contributed by atoms with Gasteiger partial charge in [-0.15, -0.1) is 11.3 Å². The summed E-state index contributed by atoms with van der Waals surface area (Å²) in [5.74, 6) is -0.440. The maximum Gasteiger partial charge on any atom is 0.197 e. The Bertz CT molecular complexity index is 1610. The summed E-state index contributed by atoms with van der Waals surface area (Å²) >= 11 is 1.61. The van der Waals surface area contributed by atoms with E-state index in [9.17, 15) is 9.59 Å². The molecule has 4 nitrogen and oxygen atoms in total. The van der Waals surface area contributed by atoms with Gasteiger partial charge in [0, 0.05) is 11.1 Å². The molecule has 0 saturated carbocycles. The van der Waals surface area contributed by atoms with Crippen LogP contribution in [0.2, 0.25) is 0 Å². The number of allylic oxidation sites excluding steroid dienone is 1. The van der Waals surface area contributed by atoms with Crippen LogP contribution in [0.25, 0.3) is 32.9 Å². The van der Waals surface area contributed by atoms with Crippen LogP contribution in [-0.4, -0.2) is 21.1 Å². The van der Waals surface area contributed by atoms with Crippen molar-refractivity contribution >= 4 is 50.1 Å². The number of hydrogen-bond acceptors (Lipinski definition) is 4. The third kappa shape index (κ3) is 2.93. The lowest BCUT2D eigenvalue weighted by molar-refractivity contribution is 0.0990. The molecule has 5 aromatic rings. The predicted molar refractivity (Wildman–Crippen MR) is 134 cm³/mol. The average Bonchev–Trinajstić information content (AvgIpc) is 3.38. The number of rotatable bonds is 2. The molecule has 0 N–H and O–H groups in total. The number of aryl methyl sites for hydroxylation is 3. The lowest BCUT2D eigenvalue weighted by Gasteiger charge is -2.14. The molecule has 0 radical (unpaired) electrons. The average molecular weight is 449 g/mol. The lowest BCUT2D eigenvalue weighted by Crippen LogP contribution is -2.05. The van der Waals surface area contributed by atoms with Crippen LogP contribution in [0.15, 0.2) is 66.2 Å². The summed E-state index contributed by atoms with van der Waals surface area (Å²) in [5, 5.41) is 2.89. The van der Waals surface area contributed by atoms with Gasteiger partial charge >= 0.3 is 0 Å². The minimum Gasteiger partial charge on any atom is -0.293 e. The normalized spacial score (nSPS) is 13.4. The second-order valence-corrected chi connectivity index (χ2v) is 9.76. The SMILES string of the molecule is Cc1nc2c(cc(C=C3C(=O)c4cc5ccccc5cc4C3=O)n2-c2c(C)cccc2C)s1. The highest BCUT2D eigenvalue weighted by molar-refractivity contribution is 7.18. The summed E-state index contributed by atoms with van der Waals surface area (Å²) in [6.45, 7) is 6.12. The molecule has 1 aliphatic rings. The Morgan fingerprint density at radius 2 is 1.42 bits per heavy atom. The summed E-state index contributed by atoms with van der Waals surface area (Å²) < 4.78 is 3.11. The number of nitrogens with zero attached hydrogens (tertiary/aromatic N) is 2. The molecule has 0 fully saturated rings. The fraction of sp³-hybridized carbons (Fsp3) is 0.107. The molecule has 0 saturated heterocycles. The number of ketones is 2. The molecule has 0 unspecified atom stereocenters. The van der Waals surface area contributed by atoms with Crippen LogP contribution in [-0.2, 0) is 0 Å². The summed E-state index contributed by atoms with van der Waals surface area (Å²) in [5.41, 5.74) is 6.04. The standard InChI is InChI=1S/C28H20N2O2S/c1-15-7-6-8-16(2)25(15)30-20(14-24-28(30)29-17(3)33-24)13-23-26(31)21-11-18-9-4-5-10-19(18)12-22(21)27(23)32/h4-14H,1-3H3. The van der Waals surface area contributed by atoms with Gasteiger partial charge < -0.3 is 0 Å². The molecule has 2 heterocycles. The van der Waals surface area contributed by atoms with Crippen molar-refractivity contribution in [3.8, 4) is 5.69 Å². The number of fused-ring (bicyclic) bond motifs is 3. The Morgan fingerprint density at radius 1 is 0.818 bits per heavy atom. The molecule has 0 atom stereocenters. The van der Waals surface area contributed by atoms with Crippen LogP contribution < -0.4 is 0 Å². The molecule has 0 aliphatic heterocycles. The van der Waals surface area contributed by atoms with E-state index in [-0.39, 0.29) is 17.1 Å². The van der Waals surface area contributed by atoms with Gasteiger partial charge in [-0.25, -0.2) is 4.98 Å². The summed E-state index contributed by atoms with van der Waals surface area (Å²) in [6, 6.07) is 19.7. The number of hydrogen-bond donors (Lipinski definition) is 0. The van der Waals surface area contributed by atoms with Gasteiger partial charge in [-0.05, 0) is 66.9 Å². The van der Waals surface area contributed by atoms with Gasteiger partial charge in [-0.3, -0.25) is 14.2 Å². The van der Waals surface area contributed by atoms with Crippen LogP contribution in [0.1, 0.15) is 42.5 Å². The predicted octanol–water partition coefficient (Wildman–Crippen LogP) is 6.63. The molecule has 33 heavy (non-hydrogen) atoms. The lowest BCUT2D eigenvalue weighted by atomic mass is 10.0. The van der Waals surface area contributed by atoms with Crippen molar-refractivity contribution in [3.05, 3.63) is 99.2 Å². The molecule has 3 aromatic carbocycles. The summed E-state index contributed by atoms with van der Waals surface area (Å²) in [7, 11) is 0. The van der Waals surface area contributed by atoms with Crippen molar-refractivity contribution in [2.75, 3.05) is 0 Å². The Morgan fingerprint density at radius 3 is 2.03 bits per heavy atom. The topological polar surface area (TPSA) is 52.0 Å². The molecule has 1 aliphatic carbocycles. The number of thiazole rings is 1. The van der Waals surface area contributed by atoms with E-state index in [1.54, 1.807) is 17.4 Å². The van der Waals surface area contributed by atoms with Crippen LogP contribution in [0.3, 0.4) is 0 Å². The number of para-hydroxylation sites is 1. The molecule has 6 rings (SSSR count). The van der Waals surface area contributed by atoms with Gasteiger partial charge in [-0.2, -0.15) is 0 Å². The first-order chi connectivity index (χ1) is 15.9. The van der Waals surface area contributed by atoms with E-state index in [4.69, 9.17) is 4.98 Å². The van der Waals surface area contributed by atoms with E-state index in [1.165, 1.54) is 0 Å². The molecule has 2 aromatic heterocycles. The van der Waals surface area contributed by atoms with E-state index in [0.717, 1.165) is 48.6 Å². The van der Waals surface area contributed by atoms with Gasteiger partial charge in [0.15, 0.2) is 17.2 Å². The van der Waals surface area contributed by atoms with Crippen LogP contribution in [0, 0.1) is 20.8 Å². The van der Waals surface area contributed by atoms with E-state index >= 15 is 0 Å². The smallest absolute Gasteiger partial charge is 0.197 e. The monoisotopic (exact) mass is 448 g/mol. The summed E-state index contributed by atoms with van der Waals surface area (Å²) in [4.78, 5) is 31.4. The zero-order chi connectivity index (χ0) is 22.9. The first-order valence-electron chi connectivity index (χ1n) is 10.8. The number of benzene rings is 3.